The van der Waals surface area contributed by atoms with E-state index in [1.807, 2.05) is 62.6 Å². The molecule has 3 rings (SSSR count). The van der Waals surface area contributed by atoms with Crippen LogP contribution in [0.4, 0.5) is 0 Å². The zero-order valence-electron chi connectivity index (χ0n) is 12.2. The summed E-state index contributed by atoms with van der Waals surface area (Å²) in [4.78, 5) is 0. The van der Waals surface area contributed by atoms with E-state index in [0.29, 0.717) is 21.7 Å². The molecule has 0 amide bonds. The number of halogens is 2. The van der Waals surface area contributed by atoms with E-state index in [0.717, 1.165) is 11.1 Å². The van der Waals surface area contributed by atoms with Gasteiger partial charge in [0.1, 0.15) is 0 Å². The summed E-state index contributed by atoms with van der Waals surface area (Å²) in [6, 6.07) is 15.1. The van der Waals surface area contributed by atoms with Gasteiger partial charge in [-0.05, 0) is 24.3 Å². The first-order valence-electron chi connectivity index (χ1n) is 6.72. The molecule has 1 heterocycles. The topological polar surface area (TPSA) is 31.2 Å². The van der Waals surface area contributed by atoms with Crippen LogP contribution < -0.4 is 0 Å². The van der Waals surface area contributed by atoms with Gasteiger partial charge in [0.2, 0.25) is 0 Å². The first-order chi connectivity index (χ1) is 10.6. The van der Waals surface area contributed by atoms with Gasteiger partial charge in [-0.3, -0.25) is 0 Å². The second kappa shape index (κ2) is 5.99. The maximum absolute atomic E-state index is 6.25. The molecule has 0 aliphatic carbocycles. The first-order valence-corrected chi connectivity index (χ1v) is 7.48. The number of benzene rings is 2. The van der Waals surface area contributed by atoms with Gasteiger partial charge in [-0.25, -0.2) is 10.0 Å². The SMILES string of the molecule is CN1N=C(c2ccccc2Cl)N(C)N=C1c1ccccc1Cl. The predicted octanol–water partition coefficient (Wildman–Crippen LogP) is 3.89. The second-order valence-corrected chi connectivity index (χ2v) is 5.67. The minimum Gasteiger partial charge on any atom is -0.247 e. The third-order valence-electron chi connectivity index (χ3n) is 3.33. The van der Waals surface area contributed by atoms with Crippen molar-refractivity contribution in [2.24, 2.45) is 10.2 Å². The van der Waals surface area contributed by atoms with Crippen molar-refractivity contribution in [3.05, 3.63) is 69.7 Å². The summed E-state index contributed by atoms with van der Waals surface area (Å²) < 4.78 is 0. The molecule has 2 aromatic rings. The second-order valence-electron chi connectivity index (χ2n) is 4.85. The molecule has 0 aromatic heterocycles. The summed E-state index contributed by atoms with van der Waals surface area (Å²) >= 11 is 12.5. The molecule has 2 aromatic carbocycles. The van der Waals surface area contributed by atoms with Gasteiger partial charge in [0.05, 0.1) is 10.0 Å². The Morgan fingerprint density at radius 3 is 1.41 bits per heavy atom. The normalized spacial score (nSPS) is 14.7. The number of rotatable bonds is 2. The first kappa shape index (κ1) is 14.9. The number of amidine groups is 2. The molecule has 0 spiro atoms. The largest absolute Gasteiger partial charge is 0.247 e. The molecule has 4 nitrogen and oxygen atoms in total. The van der Waals surface area contributed by atoms with Crippen molar-refractivity contribution in [3.63, 3.8) is 0 Å². The standard InChI is InChI=1S/C16H14Cl2N4/c1-21-15(11-7-3-5-9-13(11)17)20-22(2)16(19-21)12-8-4-6-10-14(12)18/h3-10H,1-2H3. The Morgan fingerprint density at radius 1 is 0.682 bits per heavy atom. The summed E-state index contributed by atoms with van der Waals surface area (Å²) in [5.74, 6) is 1.37. The molecule has 0 saturated carbocycles. The number of nitrogens with zero attached hydrogens (tertiary/aromatic N) is 4. The highest BCUT2D eigenvalue weighted by molar-refractivity contribution is 6.35. The van der Waals surface area contributed by atoms with Crippen molar-refractivity contribution in [1.29, 1.82) is 0 Å². The summed E-state index contributed by atoms with van der Waals surface area (Å²) in [5, 5.41) is 13.9. The maximum Gasteiger partial charge on any atom is 0.177 e. The van der Waals surface area contributed by atoms with Gasteiger partial charge < -0.3 is 0 Å². The fraction of sp³-hybridized carbons (Fsp3) is 0.125. The molecule has 0 radical (unpaired) electrons. The van der Waals surface area contributed by atoms with Gasteiger partial charge in [0.15, 0.2) is 11.7 Å². The lowest BCUT2D eigenvalue weighted by molar-refractivity contribution is 0.438. The van der Waals surface area contributed by atoms with Gasteiger partial charge in [-0.2, -0.15) is 10.2 Å². The molecule has 1 aliphatic rings. The van der Waals surface area contributed by atoms with Crippen LogP contribution in [0.2, 0.25) is 10.0 Å². The van der Waals surface area contributed by atoms with Crippen LogP contribution in [0, 0.1) is 0 Å². The van der Waals surface area contributed by atoms with Gasteiger partial charge >= 0.3 is 0 Å². The molecular weight excluding hydrogens is 319 g/mol. The zero-order chi connectivity index (χ0) is 15.7. The van der Waals surface area contributed by atoms with Crippen LogP contribution in [0.25, 0.3) is 0 Å². The smallest absolute Gasteiger partial charge is 0.177 e. The Hall–Kier alpha value is -2.04. The van der Waals surface area contributed by atoms with Crippen LogP contribution in [-0.4, -0.2) is 35.8 Å². The highest BCUT2D eigenvalue weighted by Crippen LogP contribution is 2.23. The average molecular weight is 333 g/mol. The predicted molar refractivity (Wildman–Crippen MR) is 91.5 cm³/mol. The van der Waals surface area contributed by atoms with Crippen LogP contribution in [0.3, 0.4) is 0 Å². The Balaban J connectivity index is 2.01. The molecule has 0 N–H and O–H groups in total. The highest BCUT2D eigenvalue weighted by atomic mass is 35.5. The van der Waals surface area contributed by atoms with E-state index in [1.165, 1.54) is 0 Å². The van der Waals surface area contributed by atoms with E-state index >= 15 is 0 Å². The fourth-order valence-corrected chi connectivity index (χ4v) is 2.69. The Bertz CT molecular complexity index is 705. The zero-order valence-corrected chi connectivity index (χ0v) is 13.7. The minimum atomic E-state index is 0.637. The number of hydrogen-bond acceptors (Lipinski definition) is 4. The number of hydrazone groups is 2. The van der Waals surface area contributed by atoms with Gasteiger partial charge in [0, 0.05) is 25.2 Å². The van der Waals surface area contributed by atoms with Crippen molar-refractivity contribution in [2.75, 3.05) is 14.1 Å². The third-order valence-corrected chi connectivity index (χ3v) is 3.99. The summed E-state index contributed by atoms with van der Waals surface area (Å²) in [6.07, 6.45) is 0. The van der Waals surface area contributed by atoms with E-state index < -0.39 is 0 Å². The van der Waals surface area contributed by atoms with Crippen LogP contribution in [0.15, 0.2) is 58.7 Å². The number of hydrogen-bond donors (Lipinski definition) is 0. The lowest BCUT2D eigenvalue weighted by Crippen LogP contribution is -2.37. The van der Waals surface area contributed by atoms with E-state index in [9.17, 15) is 0 Å². The monoisotopic (exact) mass is 332 g/mol. The van der Waals surface area contributed by atoms with Crippen LogP contribution in [-0.2, 0) is 0 Å². The van der Waals surface area contributed by atoms with Crippen molar-refractivity contribution < 1.29 is 0 Å². The molecule has 22 heavy (non-hydrogen) atoms. The summed E-state index contributed by atoms with van der Waals surface area (Å²) in [6.45, 7) is 0. The molecule has 0 unspecified atom stereocenters. The fourth-order valence-electron chi connectivity index (χ4n) is 2.25. The van der Waals surface area contributed by atoms with Crippen molar-refractivity contribution >= 4 is 34.9 Å². The van der Waals surface area contributed by atoms with E-state index in [-0.39, 0.29) is 0 Å². The maximum atomic E-state index is 6.25. The van der Waals surface area contributed by atoms with Crippen LogP contribution in [0.5, 0.6) is 0 Å². The molecular formula is C16H14Cl2N4. The summed E-state index contributed by atoms with van der Waals surface area (Å²) in [7, 11) is 3.68. The quantitative estimate of drug-likeness (QED) is 0.835. The molecule has 1 aliphatic heterocycles. The van der Waals surface area contributed by atoms with Gasteiger partial charge in [0.25, 0.3) is 0 Å². The third kappa shape index (κ3) is 2.67. The van der Waals surface area contributed by atoms with Crippen LogP contribution >= 0.6 is 23.2 Å². The Kier molecular flexibility index (Phi) is 4.05. The highest BCUT2D eigenvalue weighted by Gasteiger charge is 2.23. The van der Waals surface area contributed by atoms with Crippen molar-refractivity contribution in [3.8, 4) is 0 Å². The van der Waals surface area contributed by atoms with Gasteiger partial charge in [-0.15, -0.1) is 0 Å². The average Bonchev–Trinajstić information content (AvgIpc) is 2.51. The molecule has 0 atom stereocenters. The van der Waals surface area contributed by atoms with Gasteiger partial charge in [-0.1, -0.05) is 47.5 Å². The Labute approximate surface area is 139 Å². The lowest BCUT2D eigenvalue weighted by atomic mass is 10.2. The molecule has 0 bridgehead atoms. The molecule has 0 saturated heterocycles. The van der Waals surface area contributed by atoms with Crippen molar-refractivity contribution in [1.82, 2.24) is 10.0 Å². The van der Waals surface area contributed by atoms with Crippen molar-refractivity contribution in [2.45, 2.75) is 0 Å². The van der Waals surface area contributed by atoms with E-state index in [2.05, 4.69) is 10.2 Å². The summed E-state index contributed by atoms with van der Waals surface area (Å²) in [5.41, 5.74) is 1.67. The van der Waals surface area contributed by atoms with E-state index in [1.54, 1.807) is 10.0 Å². The molecule has 6 heteroatoms. The Morgan fingerprint density at radius 2 is 1.05 bits per heavy atom. The minimum absolute atomic E-state index is 0.637. The van der Waals surface area contributed by atoms with Crippen LogP contribution in [0.1, 0.15) is 11.1 Å². The van der Waals surface area contributed by atoms with E-state index in [4.69, 9.17) is 23.2 Å². The molecule has 112 valence electrons. The molecule has 0 fully saturated rings. The lowest BCUT2D eigenvalue weighted by Gasteiger charge is -2.28.